The smallest absolute Gasteiger partial charge is 0.404 e. The summed E-state index contributed by atoms with van der Waals surface area (Å²) in [6.45, 7) is 11.6. The molecule has 290 valence electrons. The SMILES string of the molecule is CC(C)[C@H](NC(=O)Cc1cccc(C2(C(F)(F)F)N=N2)c1)C(=O)N[C@@H](Cc1ccccc1)C(=O)N[C@@H](C)C(=O)NCB1O[C@@H]2CC3CC(C3(C)C)[C@]2(C)O1. The molecule has 2 heterocycles. The minimum atomic E-state index is -4.71. The molecule has 0 spiro atoms. The minimum Gasteiger partial charge on any atom is -0.404 e. The van der Waals surface area contributed by atoms with Crippen LogP contribution in [0.4, 0.5) is 13.2 Å². The molecular formula is C38H48BF3N6O6. The van der Waals surface area contributed by atoms with Gasteiger partial charge in [-0.05, 0) is 61.0 Å². The van der Waals surface area contributed by atoms with Gasteiger partial charge < -0.3 is 30.6 Å². The summed E-state index contributed by atoms with van der Waals surface area (Å²) in [6.07, 6.45) is -2.83. The molecule has 54 heavy (non-hydrogen) atoms. The van der Waals surface area contributed by atoms with Crippen molar-refractivity contribution in [1.29, 1.82) is 0 Å². The molecule has 0 radical (unpaired) electrons. The Kier molecular flexibility index (Phi) is 10.8. The molecule has 2 aliphatic heterocycles. The minimum absolute atomic E-state index is 0.0351. The highest BCUT2D eigenvalue weighted by molar-refractivity contribution is 6.46. The molecule has 2 unspecified atom stereocenters. The van der Waals surface area contributed by atoms with Crippen LogP contribution >= 0.6 is 0 Å². The van der Waals surface area contributed by atoms with Crippen molar-refractivity contribution in [3.8, 4) is 0 Å². The first-order valence-electron chi connectivity index (χ1n) is 18.5. The standard InChI is InChI=1S/C38H48BF3N6O6/c1-21(2)31(46-30(49)17-24-13-10-14-25(15-24)37(47-48-37)38(40,41)42)34(52)45-27(16-23-11-8-7-9-12-23)33(51)44-22(3)32(50)43-20-39-53-29-19-26-18-28(35(26,4)5)36(29,6)54-39/h7-15,21-22,26-29,31H,16-20H2,1-6H3,(H,43,50)(H,44,51)(H,45,52)(H,46,49)/t22-,26?,27-,28?,29+,31-,36-/m0/s1. The Balaban J connectivity index is 1.05. The Bertz CT molecular complexity index is 1790. The van der Waals surface area contributed by atoms with Crippen LogP contribution in [0.2, 0.25) is 0 Å². The molecule has 3 saturated carbocycles. The summed E-state index contributed by atoms with van der Waals surface area (Å²) in [5.41, 5.74) is -2.04. The summed E-state index contributed by atoms with van der Waals surface area (Å²) in [7, 11) is -0.611. The normalized spacial score (nSPS) is 26.1. The van der Waals surface area contributed by atoms with Gasteiger partial charge >= 0.3 is 19.0 Å². The van der Waals surface area contributed by atoms with Crippen molar-refractivity contribution in [3.05, 3.63) is 71.3 Å². The molecule has 2 bridgehead atoms. The molecule has 4 fully saturated rings. The molecule has 4 N–H and O–H groups in total. The zero-order valence-electron chi connectivity index (χ0n) is 31.3. The Morgan fingerprint density at radius 2 is 1.57 bits per heavy atom. The predicted octanol–water partition coefficient (Wildman–Crippen LogP) is 4.17. The lowest BCUT2D eigenvalue weighted by Crippen LogP contribution is -2.65. The van der Waals surface area contributed by atoms with Gasteiger partial charge in [-0.3, -0.25) is 19.2 Å². The van der Waals surface area contributed by atoms with E-state index >= 15 is 0 Å². The van der Waals surface area contributed by atoms with Gasteiger partial charge in [0.15, 0.2) is 0 Å². The molecule has 2 aromatic rings. The van der Waals surface area contributed by atoms with Gasteiger partial charge in [-0.2, -0.15) is 13.2 Å². The fourth-order valence-corrected chi connectivity index (χ4v) is 8.36. The van der Waals surface area contributed by atoms with Gasteiger partial charge in [0.25, 0.3) is 0 Å². The van der Waals surface area contributed by atoms with E-state index in [0.29, 0.717) is 11.8 Å². The molecular weight excluding hydrogens is 704 g/mol. The maximum Gasteiger partial charge on any atom is 0.478 e. The number of rotatable bonds is 14. The van der Waals surface area contributed by atoms with Crippen molar-refractivity contribution < 1.29 is 41.7 Å². The summed E-state index contributed by atoms with van der Waals surface area (Å²) in [5, 5.41) is 17.4. The number of carbonyl (C=O) groups is 4. The van der Waals surface area contributed by atoms with Gasteiger partial charge in [0, 0.05) is 12.0 Å². The monoisotopic (exact) mass is 752 g/mol. The van der Waals surface area contributed by atoms with Gasteiger partial charge in [0.05, 0.1) is 24.6 Å². The Morgan fingerprint density at radius 1 is 0.889 bits per heavy atom. The van der Waals surface area contributed by atoms with Gasteiger partial charge in [-0.15, -0.1) is 10.2 Å². The maximum absolute atomic E-state index is 13.7. The average molecular weight is 753 g/mol. The van der Waals surface area contributed by atoms with Crippen molar-refractivity contribution in [3.63, 3.8) is 0 Å². The largest absolute Gasteiger partial charge is 0.478 e. The lowest BCUT2D eigenvalue weighted by Gasteiger charge is -2.64. The highest BCUT2D eigenvalue weighted by atomic mass is 19.4. The first-order chi connectivity index (χ1) is 25.3. The van der Waals surface area contributed by atoms with Crippen LogP contribution in [0.1, 0.15) is 71.1 Å². The van der Waals surface area contributed by atoms with Crippen LogP contribution < -0.4 is 21.3 Å². The van der Waals surface area contributed by atoms with E-state index in [1.54, 1.807) is 38.1 Å². The lowest BCUT2D eigenvalue weighted by molar-refractivity contribution is -0.199. The van der Waals surface area contributed by atoms with E-state index in [4.69, 9.17) is 9.31 Å². The van der Waals surface area contributed by atoms with E-state index < -0.39 is 72.2 Å². The fraction of sp³-hybridized carbons (Fsp3) is 0.579. The van der Waals surface area contributed by atoms with Gasteiger partial charge in [-0.1, -0.05) is 82.3 Å². The molecule has 7 atom stereocenters. The third kappa shape index (κ3) is 7.77. The number of halogens is 3. The number of carbonyl (C=O) groups excluding carboxylic acids is 4. The maximum atomic E-state index is 13.7. The van der Waals surface area contributed by atoms with Crippen LogP contribution in [-0.2, 0) is 47.0 Å². The van der Waals surface area contributed by atoms with Crippen LogP contribution in [-0.4, -0.2) is 73.2 Å². The second-order valence-electron chi connectivity index (χ2n) is 16.2. The topological polar surface area (TPSA) is 160 Å². The first-order valence-corrected chi connectivity index (χ1v) is 18.5. The predicted molar refractivity (Wildman–Crippen MR) is 192 cm³/mol. The summed E-state index contributed by atoms with van der Waals surface area (Å²) in [6, 6.07) is 11.2. The second kappa shape index (κ2) is 14.7. The van der Waals surface area contributed by atoms with Crippen LogP contribution in [0.5, 0.6) is 0 Å². The molecule has 4 amide bonds. The van der Waals surface area contributed by atoms with E-state index in [9.17, 15) is 32.3 Å². The Hall–Kier alpha value is -4.31. The molecule has 12 nitrogen and oxygen atoms in total. The second-order valence-corrected chi connectivity index (χ2v) is 16.2. The summed E-state index contributed by atoms with van der Waals surface area (Å²) < 4.78 is 53.2. The van der Waals surface area contributed by atoms with E-state index in [2.05, 4.69) is 52.3 Å². The Morgan fingerprint density at radius 3 is 2.20 bits per heavy atom. The van der Waals surface area contributed by atoms with Crippen molar-refractivity contribution in [1.82, 2.24) is 21.3 Å². The van der Waals surface area contributed by atoms with Crippen molar-refractivity contribution in [2.24, 2.45) is 33.4 Å². The number of benzene rings is 2. The van der Waals surface area contributed by atoms with Gasteiger partial charge in [0.1, 0.15) is 18.1 Å². The highest BCUT2D eigenvalue weighted by Gasteiger charge is 2.68. The zero-order chi connectivity index (χ0) is 39.2. The number of amides is 4. The number of nitrogens with zero attached hydrogens (tertiary/aromatic N) is 2. The zero-order valence-corrected chi connectivity index (χ0v) is 31.3. The van der Waals surface area contributed by atoms with Crippen LogP contribution in [0.15, 0.2) is 64.8 Å². The lowest BCUT2D eigenvalue weighted by atomic mass is 9.43. The molecule has 5 aliphatic rings. The van der Waals surface area contributed by atoms with Crippen molar-refractivity contribution >= 4 is 30.7 Å². The number of hydrogen-bond donors (Lipinski definition) is 4. The van der Waals surface area contributed by atoms with E-state index in [0.717, 1.165) is 18.4 Å². The van der Waals surface area contributed by atoms with Gasteiger partial charge in [0.2, 0.25) is 23.6 Å². The summed E-state index contributed by atoms with van der Waals surface area (Å²) in [4.78, 5) is 53.7. The number of nitrogens with one attached hydrogen (secondary N) is 4. The summed E-state index contributed by atoms with van der Waals surface area (Å²) >= 11 is 0. The first kappa shape index (κ1) is 39.4. The van der Waals surface area contributed by atoms with E-state index in [1.165, 1.54) is 31.2 Å². The third-order valence-corrected chi connectivity index (χ3v) is 11.8. The quantitative estimate of drug-likeness (QED) is 0.212. The van der Waals surface area contributed by atoms with E-state index in [-0.39, 0.29) is 41.9 Å². The van der Waals surface area contributed by atoms with Crippen LogP contribution in [0, 0.1) is 23.2 Å². The molecule has 3 aliphatic carbocycles. The molecule has 1 saturated heterocycles. The average Bonchev–Trinajstić information content (AvgIpc) is 3.86. The molecule has 16 heteroatoms. The van der Waals surface area contributed by atoms with Gasteiger partial charge in [-0.25, -0.2) is 0 Å². The molecule has 0 aromatic heterocycles. The third-order valence-electron chi connectivity index (χ3n) is 11.8. The van der Waals surface area contributed by atoms with E-state index in [1.807, 2.05) is 6.07 Å². The number of alkyl halides is 3. The van der Waals surface area contributed by atoms with Crippen molar-refractivity contribution in [2.75, 3.05) is 6.44 Å². The number of hydrogen-bond acceptors (Lipinski definition) is 8. The molecule has 7 rings (SSSR count). The van der Waals surface area contributed by atoms with Crippen LogP contribution in [0.3, 0.4) is 0 Å². The fourth-order valence-electron chi connectivity index (χ4n) is 8.36. The van der Waals surface area contributed by atoms with Crippen LogP contribution in [0.25, 0.3) is 0 Å². The van der Waals surface area contributed by atoms with Crippen molar-refractivity contribution in [2.45, 2.75) is 109 Å². The molecule has 2 aromatic carbocycles. The summed E-state index contributed by atoms with van der Waals surface area (Å²) in [5.74, 6) is -1.77. The highest BCUT2D eigenvalue weighted by Crippen LogP contribution is 2.65. The Labute approximate surface area is 313 Å².